The summed E-state index contributed by atoms with van der Waals surface area (Å²) in [5.41, 5.74) is 5.34. The number of aromatic amines is 1. The predicted molar refractivity (Wildman–Crippen MR) is 117 cm³/mol. The van der Waals surface area contributed by atoms with Crippen LogP contribution in [0.15, 0.2) is 54.6 Å². The molecule has 2 saturated heterocycles. The summed E-state index contributed by atoms with van der Waals surface area (Å²) in [4.78, 5) is 6.32. The molecular formula is C25H30N2O2. The molecule has 0 bridgehead atoms. The molecule has 3 heterocycles. The fraction of sp³-hybridized carbons (Fsp3) is 0.440. The molecule has 0 radical (unpaired) electrons. The number of H-pyrrole nitrogens is 1. The molecule has 2 fully saturated rings. The van der Waals surface area contributed by atoms with E-state index in [0.717, 1.165) is 46.1 Å². The van der Waals surface area contributed by atoms with E-state index >= 15 is 0 Å². The number of nitrogens with zero attached hydrogens (tertiary/aromatic N) is 1. The van der Waals surface area contributed by atoms with E-state index in [1.165, 1.54) is 40.6 Å². The zero-order valence-electron chi connectivity index (χ0n) is 17.0. The van der Waals surface area contributed by atoms with E-state index in [4.69, 9.17) is 9.47 Å². The fourth-order valence-corrected chi connectivity index (χ4v) is 4.96. The molecule has 2 aromatic carbocycles. The third-order valence-corrected chi connectivity index (χ3v) is 6.40. The van der Waals surface area contributed by atoms with Crippen LogP contribution in [0.4, 0.5) is 0 Å². The van der Waals surface area contributed by atoms with Gasteiger partial charge in [-0.15, -0.1) is 0 Å². The molecule has 0 atom stereocenters. The zero-order chi connectivity index (χ0) is 19.5. The summed E-state index contributed by atoms with van der Waals surface area (Å²) in [5, 5.41) is 1.38. The second kappa shape index (κ2) is 8.70. The number of hydrogen-bond donors (Lipinski definition) is 1. The lowest BCUT2D eigenvalue weighted by atomic mass is 9.86. The Morgan fingerprint density at radius 2 is 1.55 bits per heavy atom. The summed E-state index contributed by atoms with van der Waals surface area (Å²) in [6.07, 6.45) is 2.41. The van der Waals surface area contributed by atoms with E-state index in [2.05, 4.69) is 64.5 Å². The minimum Gasteiger partial charge on any atom is -0.379 e. The van der Waals surface area contributed by atoms with Crippen molar-refractivity contribution in [3.63, 3.8) is 0 Å². The minimum atomic E-state index is 0.502. The van der Waals surface area contributed by atoms with Crippen LogP contribution in [0.25, 0.3) is 22.2 Å². The molecule has 3 aromatic rings. The van der Waals surface area contributed by atoms with Crippen molar-refractivity contribution in [1.82, 2.24) is 9.88 Å². The summed E-state index contributed by atoms with van der Waals surface area (Å²) in [6, 6.07) is 19.5. The lowest BCUT2D eigenvalue weighted by Gasteiger charge is -2.34. The van der Waals surface area contributed by atoms with Crippen molar-refractivity contribution in [3.05, 3.63) is 60.2 Å². The van der Waals surface area contributed by atoms with Gasteiger partial charge in [0, 0.05) is 29.1 Å². The van der Waals surface area contributed by atoms with Crippen LogP contribution in [0, 0.1) is 5.92 Å². The highest BCUT2D eigenvalue weighted by Crippen LogP contribution is 2.40. The summed E-state index contributed by atoms with van der Waals surface area (Å²) in [5.74, 6) is 1.10. The summed E-state index contributed by atoms with van der Waals surface area (Å²) < 4.78 is 11.4. The molecule has 0 amide bonds. The molecule has 1 N–H and O–H groups in total. The molecule has 152 valence electrons. The van der Waals surface area contributed by atoms with Crippen LogP contribution in [-0.4, -0.2) is 55.9 Å². The van der Waals surface area contributed by atoms with Crippen molar-refractivity contribution in [1.29, 1.82) is 0 Å². The molecule has 4 heteroatoms. The van der Waals surface area contributed by atoms with E-state index in [1.807, 2.05) is 0 Å². The number of likely N-dealkylation sites (tertiary alicyclic amines) is 1. The quantitative estimate of drug-likeness (QED) is 0.703. The van der Waals surface area contributed by atoms with Crippen LogP contribution < -0.4 is 0 Å². The SMILES string of the molecule is c1ccc(-c2[nH]c3ccccc3c2C2CCN(CC3COCCOC3)CC2)cc1. The maximum atomic E-state index is 5.69. The number of rotatable bonds is 4. The molecule has 4 nitrogen and oxygen atoms in total. The standard InChI is InChI=1S/C25H30N2O2/c1-2-6-21(7-3-1)25-24(22-8-4-5-9-23(22)26-25)20-10-12-27(13-11-20)16-19-17-28-14-15-29-18-19/h1-9,19-20,26H,10-18H2. The van der Waals surface area contributed by atoms with Gasteiger partial charge in [-0.25, -0.2) is 0 Å². The van der Waals surface area contributed by atoms with Crippen LogP contribution in [-0.2, 0) is 9.47 Å². The average Bonchev–Trinajstić information content (AvgIpc) is 2.97. The molecule has 0 saturated carbocycles. The van der Waals surface area contributed by atoms with E-state index in [1.54, 1.807) is 0 Å². The first-order valence-electron chi connectivity index (χ1n) is 10.9. The molecule has 29 heavy (non-hydrogen) atoms. The number of ether oxygens (including phenoxy) is 2. The van der Waals surface area contributed by atoms with Crippen LogP contribution in [0.3, 0.4) is 0 Å². The monoisotopic (exact) mass is 390 g/mol. The molecule has 5 rings (SSSR count). The fourth-order valence-electron chi connectivity index (χ4n) is 4.96. The van der Waals surface area contributed by atoms with Gasteiger partial charge in [0.05, 0.1) is 26.4 Å². The first-order chi connectivity index (χ1) is 14.4. The van der Waals surface area contributed by atoms with Crippen molar-refractivity contribution in [2.75, 3.05) is 46.1 Å². The van der Waals surface area contributed by atoms with Gasteiger partial charge in [0.1, 0.15) is 0 Å². The number of piperidine rings is 1. The number of hydrogen-bond acceptors (Lipinski definition) is 3. The van der Waals surface area contributed by atoms with Crippen LogP contribution in [0.5, 0.6) is 0 Å². The third kappa shape index (κ3) is 4.11. The summed E-state index contributed by atoms with van der Waals surface area (Å²) >= 11 is 0. The number of fused-ring (bicyclic) bond motifs is 1. The molecule has 2 aliphatic heterocycles. The molecule has 0 spiro atoms. The van der Waals surface area contributed by atoms with Crippen molar-refractivity contribution < 1.29 is 9.47 Å². The lowest BCUT2D eigenvalue weighted by Crippen LogP contribution is -2.38. The highest BCUT2D eigenvalue weighted by atomic mass is 16.5. The smallest absolute Gasteiger partial charge is 0.0700 e. The van der Waals surface area contributed by atoms with Gasteiger partial charge in [0.25, 0.3) is 0 Å². The zero-order valence-corrected chi connectivity index (χ0v) is 17.0. The summed E-state index contributed by atoms with van der Waals surface area (Å²) in [7, 11) is 0. The van der Waals surface area contributed by atoms with Crippen LogP contribution in [0.1, 0.15) is 24.3 Å². The largest absolute Gasteiger partial charge is 0.379 e. The van der Waals surface area contributed by atoms with Gasteiger partial charge < -0.3 is 19.4 Å². The van der Waals surface area contributed by atoms with Gasteiger partial charge in [0.15, 0.2) is 0 Å². The van der Waals surface area contributed by atoms with Gasteiger partial charge >= 0.3 is 0 Å². The predicted octanol–water partition coefficient (Wildman–Crippen LogP) is 4.68. The first-order valence-corrected chi connectivity index (χ1v) is 10.9. The van der Waals surface area contributed by atoms with Gasteiger partial charge in [-0.1, -0.05) is 48.5 Å². The number of benzene rings is 2. The Balaban J connectivity index is 1.35. The lowest BCUT2D eigenvalue weighted by molar-refractivity contribution is 0.0938. The third-order valence-electron chi connectivity index (χ3n) is 6.40. The second-order valence-electron chi connectivity index (χ2n) is 8.42. The van der Waals surface area contributed by atoms with E-state index in [0.29, 0.717) is 11.8 Å². The average molecular weight is 391 g/mol. The maximum Gasteiger partial charge on any atom is 0.0700 e. The Morgan fingerprint density at radius 3 is 2.31 bits per heavy atom. The maximum absolute atomic E-state index is 5.69. The van der Waals surface area contributed by atoms with Crippen molar-refractivity contribution in [2.24, 2.45) is 5.92 Å². The Labute approximate surface area is 172 Å². The van der Waals surface area contributed by atoms with E-state index in [9.17, 15) is 0 Å². The van der Waals surface area contributed by atoms with Crippen molar-refractivity contribution >= 4 is 10.9 Å². The van der Waals surface area contributed by atoms with Crippen molar-refractivity contribution in [3.8, 4) is 11.3 Å². The van der Waals surface area contributed by atoms with Crippen molar-refractivity contribution in [2.45, 2.75) is 18.8 Å². The highest BCUT2D eigenvalue weighted by Gasteiger charge is 2.27. The van der Waals surface area contributed by atoms with Crippen LogP contribution >= 0.6 is 0 Å². The van der Waals surface area contributed by atoms with Gasteiger partial charge in [-0.2, -0.15) is 0 Å². The van der Waals surface area contributed by atoms with Gasteiger partial charge in [-0.3, -0.25) is 0 Å². The highest BCUT2D eigenvalue weighted by molar-refractivity contribution is 5.91. The molecule has 0 unspecified atom stereocenters. The van der Waals surface area contributed by atoms with E-state index < -0.39 is 0 Å². The van der Waals surface area contributed by atoms with Gasteiger partial charge in [-0.05, 0) is 49.0 Å². The minimum absolute atomic E-state index is 0.502. The molecule has 0 aliphatic carbocycles. The van der Waals surface area contributed by atoms with E-state index in [-0.39, 0.29) is 0 Å². The molecule has 2 aliphatic rings. The summed E-state index contributed by atoms with van der Waals surface area (Å²) in [6.45, 7) is 6.53. The first kappa shape index (κ1) is 18.9. The normalized spacial score (nSPS) is 20.1. The Morgan fingerprint density at radius 1 is 0.862 bits per heavy atom. The number of nitrogens with one attached hydrogen (secondary N) is 1. The van der Waals surface area contributed by atoms with Crippen LogP contribution in [0.2, 0.25) is 0 Å². The molecule has 1 aromatic heterocycles. The second-order valence-corrected chi connectivity index (χ2v) is 8.42. The molecular weight excluding hydrogens is 360 g/mol. The topological polar surface area (TPSA) is 37.5 Å². The number of para-hydroxylation sites is 1. The Hall–Kier alpha value is -2.14. The Bertz CT molecular complexity index is 920. The number of aromatic nitrogens is 1. The Kier molecular flexibility index (Phi) is 5.66. The van der Waals surface area contributed by atoms with Gasteiger partial charge in [0.2, 0.25) is 0 Å².